The molecule has 0 spiro atoms. The Labute approximate surface area is 156 Å². The second kappa shape index (κ2) is 8.21. The van der Waals surface area contributed by atoms with Crippen molar-refractivity contribution >= 4 is 27.9 Å². The van der Waals surface area contributed by atoms with Crippen molar-refractivity contribution in [2.75, 3.05) is 13.2 Å². The van der Waals surface area contributed by atoms with E-state index >= 15 is 0 Å². The van der Waals surface area contributed by atoms with Gasteiger partial charge in [-0.25, -0.2) is 0 Å². The Bertz CT molecular complexity index is 771. The molecule has 1 aliphatic heterocycles. The minimum Gasteiger partial charge on any atom is -0.494 e. The largest absolute Gasteiger partial charge is 0.494 e. The maximum atomic E-state index is 12.3. The van der Waals surface area contributed by atoms with Crippen molar-refractivity contribution in [2.24, 2.45) is 0 Å². The smallest absolute Gasteiger partial charge is 0.244 e. The highest BCUT2D eigenvalue weighted by Crippen LogP contribution is 2.34. The normalized spacial score (nSPS) is 16.2. The molecule has 1 N–H and O–H groups in total. The Morgan fingerprint density at radius 1 is 1.32 bits per heavy atom. The van der Waals surface area contributed by atoms with E-state index in [1.807, 2.05) is 49.4 Å². The summed E-state index contributed by atoms with van der Waals surface area (Å²) in [4.78, 5) is 12.3. The first-order valence-electron chi connectivity index (χ1n) is 8.29. The van der Waals surface area contributed by atoms with Gasteiger partial charge in [-0.3, -0.25) is 4.79 Å². The van der Waals surface area contributed by atoms with Gasteiger partial charge in [-0.2, -0.15) is 0 Å². The number of halogens is 1. The standard InChI is InChI=1S/C20H20BrNO3/c1-2-24-16-7-3-14(4-8-16)5-10-20(23)22-18-11-12-25-19-9-6-15(21)13-17(18)19/h3-10,13,18H,2,11-12H2,1H3,(H,22,23)/b10-5+. The Balaban J connectivity index is 1.64. The Hall–Kier alpha value is -2.27. The summed E-state index contributed by atoms with van der Waals surface area (Å²) in [5.41, 5.74) is 1.96. The number of hydrogen-bond donors (Lipinski definition) is 1. The highest BCUT2D eigenvalue weighted by molar-refractivity contribution is 9.10. The number of fused-ring (bicyclic) bond motifs is 1. The highest BCUT2D eigenvalue weighted by Gasteiger charge is 2.22. The first-order valence-corrected chi connectivity index (χ1v) is 9.08. The first kappa shape index (κ1) is 17.5. The fourth-order valence-electron chi connectivity index (χ4n) is 2.75. The molecule has 0 fully saturated rings. The number of amides is 1. The van der Waals surface area contributed by atoms with Crippen LogP contribution in [0.5, 0.6) is 11.5 Å². The molecule has 0 saturated carbocycles. The predicted molar refractivity (Wildman–Crippen MR) is 102 cm³/mol. The quantitative estimate of drug-likeness (QED) is 0.750. The van der Waals surface area contributed by atoms with Crippen LogP contribution >= 0.6 is 15.9 Å². The summed E-state index contributed by atoms with van der Waals surface area (Å²) in [6, 6.07) is 13.5. The molecule has 1 atom stereocenters. The maximum Gasteiger partial charge on any atom is 0.244 e. The number of hydrogen-bond acceptors (Lipinski definition) is 3. The van der Waals surface area contributed by atoms with Crippen LogP contribution in [0.3, 0.4) is 0 Å². The van der Waals surface area contributed by atoms with E-state index in [0.29, 0.717) is 13.2 Å². The summed E-state index contributed by atoms with van der Waals surface area (Å²) < 4.78 is 12.0. The van der Waals surface area contributed by atoms with Crippen molar-refractivity contribution < 1.29 is 14.3 Å². The van der Waals surface area contributed by atoms with Gasteiger partial charge in [0.15, 0.2) is 0 Å². The third-order valence-corrected chi connectivity index (χ3v) is 4.44. The number of carbonyl (C=O) groups is 1. The molecule has 1 aliphatic rings. The molecule has 5 heteroatoms. The van der Waals surface area contributed by atoms with Gasteiger partial charge in [-0.05, 0) is 48.9 Å². The zero-order chi connectivity index (χ0) is 17.6. The Morgan fingerprint density at radius 3 is 2.88 bits per heavy atom. The molecule has 130 valence electrons. The zero-order valence-corrected chi connectivity index (χ0v) is 15.6. The van der Waals surface area contributed by atoms with Crippen LogP contribution < -0.4 is 14.8 Å². The molecule has 3 rings (SSSR count). The second-order valence-electron chi connectivity index (χ2n) is 5.72. The molecule has 2 aromatic carbocycles. The van der Waals surface area contributed by atoms with Crippen molar-refractivity contribution in [2.45, 2.75) is 19.4 Å². The van der Waals surface area contributed by atoms with E-state index < -0.39 is 0 Å². The number of benzene rings is 2. The van der Waals surface area contributed by atoms with Crippen LogP contribution in [0.1, 0.15) is 30.5 Å². The van der Waals surface area contributed by atoms with Gasteiger partial charge in [0.2, 0.25) is 5.91 Å². The third-order valence-electron chi connectivity index (χ3n) is 3.95. The van der Waals surface area contributed by atoms with Gasteiger partial charge in [-0.15, -0.1) is 0 Å². The zero-order valence-electron chi connectivity index (χ0n) is 14.0. The van der Waals surface area contributed by atoms with Gasteiger partial charge in [0.25, 0.3) is 0 Å². The molecule has 0 saturated heterocycles. The fraction of sp³-hybridized carbons (Fsp3) is 0.250. The summed E-state index contributed by atoms with van der Waals surface area (Å²) >= 11 is 3.47. The predicted octanol–water partition coefficient (Wildman–Crippen LogP) is 4.50. The summed E-state index contributed by atoms with van der Waals surface area (Å²) in [7, 11) is 0. The molecular formula is C20H20BrNO3. The fourth-order valence-corrected chi connectivity index (χ4v) is 3.13. The SMILES string of the molecule is CCOc1ccc(/C=C/C(=O)NC2CCOc3ccc(Br)cc32)cc1. The molecule has 25 heavy (non-hydrogen) atoms. The van der Waals surface area contributed by atoms with E-state index in [4.69, 9.17) is 9.47 Å². The minimum atomic E-state index is -0.119. The van der Waals surface area contributed by atoms with Crippen LogP contribution in [0.4, 0.5) is 0 Å². The molecule has 4 nitrogen and oxygen atoms in total. The van der Waals surface area contributed by atoms with E-state index in [0.717, 1.165) is 33.5 Å². The van der Waals surface area contributed by atoms with E-state index in [1.54, 1.807) is 12.2 Å². The van der Waals surface area contributed by atoms with Crippen LogP contribution in [-0.4, -0.2) is 19.1 Å². The maximum absolute atomic E-state index is 12.3. The van der Waals surface area contributed by atoms with Crippen LogP contribution in [0.2, 0.25) is 0 Å². The van der Waals surface area contributed by atoms with Crippen LogP contribution in [0.15, 0.2) is 53.0 Å². The monoisotopic (exact) mass is 401 g/mol. The lowest BCUT2D eigenvalue weighted by atomic mass is 10.0. The van der Waals surface area contributed by atoms with E-state index in [-0.39, 0.29) is 11.9 Å². The Kier molecular flexibility index (Phi) is 5.76. The topological polar surface area (TPSA) is 47.6 Å². The molecule has 0 aliphatic carbocycles. The van der Waals surface area contributed by atoms with Crippen LogP contribution in [0.25, 0.3) is 6.08 Å². The molecular weight excluding hydrogens is 382 g/mol. The van der Waals surface area contributed by atoms with Crippen molar-refractivity contribution in [3.8, 4) is 11.5 Å². The molecule has 0 radical (unpaired) electrons. The first-order chi connectivity index (χ1) is 12.2. The molecule has 1 heterocycles. The summed E-state index contributed by atoms with van der Waals surface area (Å²) in [5.74, 6) is 1.54. The van der Waals surface area contributed by atoms with Gasteiger partial charge in [0, 0.05) is 22.5 Å². The number of rotatable bonds is 5. The lowest BCUT2D eigenvalue weighted by Gasteiger charge is -2.26. The average Bonchev–Trinajstić information content (AvgIpc) is 2.62. The van der Waals surface area contributed by atoms with Gasteiger partial charge < -0.3 is 14.8 Å². The van der Waals surface area contributed by atoms with E-state index in [1.165, 1.54) is 0 Å². The lowest BCUT2D eigenvalue weighted by Crippen LogP contribution is -2.31. The van der Waals surface area contributed by atoms with Gasteiger partial charge in [-0.1, -0.05) is 28.1 Å². The summed E-state index contributed by atoms with van der Waals surface area (Å²) in [6.07, 6.45) is 4.11. The third kappa shape index (κ3) is 4.63. The molecule has 1 unspecified atom stereocenters. The van der Waals surface area contributed by atoms with Crippen LogP contribution in [0, 0.1) is 0 Å². The van der Waals surface area contributed by atoms with Crippen molar-refractivity contribution in [1.82, 2.24) is 5.32 Å². The van der Waals surface area contributed by atoms with Gasteiger partial charge in [0.1, 0.15) is 11.5 Å². The van der Waals surface area contributed by atoms with Crippen molar-refractivity contribution in [1.29, 1.82) is 0 Å². The minimum absolute atomic E-state index is 0.0428. The molecule has 1 amide bonds. The molecule has 0 aromatic heterocycles. The van der Waals surface area contributed by atoms with Gasteiger partial charge in [0.05, 0.1) is 19.3 Å². The second-order valence-corrected chi connectivity index (χ2v) is 6.63. The lowest BCUT2D eigenvalue weighted by molar-refractivity contribution is -0.117. The summed E-state index contributed by atoms with van der Waals surface area (Å²) in [6.45, 7) is 3.19. The highest BCUT2D eigenvalue weighted by atomic mass is 79.9. The number of nitrogens with one attached hydrogen (secondary N) is 1. The number of carbonyl (C=O) groups excluding carboxylic acids is 1. The van der Waals surface area contributed by atoms with E-state index in [2.05, 4.69) is 21.2 Å². The van der Waals surface area contributed by atoms with Crippen LogP contribution in [-0.2, 0) is 4.79 Å². The average molecular weight is 402 g/mol. The number of ether oxygens (including phenoxy) is 2. The van der Waals surface area contributed by atoms with E-state index in [9.17, 15) is 4.79 Å². The molecule has 0 bridgehead atoms. The summed E-state index contributed by atoms with van der Waals surface area (Å²) in [5, 5.41) is 3.05. The Morgan fingerprint density at radius 2 is 2.12 bits per heavy atom. The molecule has 2 aromatic rings. The van der Waals surface area contributed by atoms with Crippen molar-refractivity contribution in [3.63, 3.8) is 0 Å². The van der Waals surface area contributed by atoms with Crippen molar-refractivity contribution in [3.05, 3.63) is 64.1 Å². The van der Waals surface area contributed by atoms with Gasteiger partial charge >= 0.3 is 0 Å².